The zero-order valence-electron chi connectivity index (χ0n) is 9.97. The first-order valence-electron chi connectivity index (χ1n) is 5.54. The van der Waals surface area contributed by atoms with Crippen LogP contribution in [-0.2, 0) is 14.6 Å². The monoisotopic (exact) mass is 334 g/mol. The lowest BCUT2D eigenvalue weighted by Gasteiger charge is -2.12. The van der Waals surface area contributed by atoms with E-state index in [4.69, 9.17) is 5.11 Å². The predicted octanol–water partition coefficient (Wildman–Crippen LogP) is 2.44. The Labute approximate surface area is 115 Å². The van der Waals surface area contributed by atoms with E-state index >= 15 is 0 Å². The summed E-state index contributed by atoms with van der Waals surface area (Å²) in [4.78, 5) is 11.2. The molecule has 1 atom stereocenters. The number of rotatable bonds is 6. The first kappa shape index (κ1) is 15.2. The molecule has 1 aromatic rings. The summed E-state index contributed by atoms with van der Waals surface area (Å²) in [6, 6.07) is 6.89. The Hall–Kier alpha value is -0.880. The van der Waals surface area contributed by atoms with Gasteiger partial charge >= 0.3 is 5.97 Å². The standard InChI is InChI=1S/C12H15BrO4S/c1-2-18(16,17)8-7-11(12(14)15)9-3-5-10(13)6-4-9/h3-6,11H,2,7-8H2,1H3,(H,14,15). The Balaban J connectivity index is 2.84. The second kappa shape index (κ2) is 6.33. The molecule has 1 N–H and O–H groups in total. The number of carbonyl (C=O) groups is 1. The minimum absolute atomic E-state index is 0.0413. The highest BCUT2D eigenvalue weighted by atomic mass is 79.9. The van der Waals surface area contributed by atoms with E-state index in [9.17, 15) is 13.2 Å². The fraction of sp³-hybridized carbons (Fsp3) is 0.417. The highest BCUT2D eigenvalue weighted by Gasteiger charge is 2.22. The van der Waals surface area contributed by atoms with Gasteiger partial charge in [0, 0.05) is 10.2 Å². The Morgan fingerprint density at radius 1 is 1.33 bits per heavy atom. The quantitative estimate of drug-likeness (QED) is 0.867. The molecule has 1 aromatic carbocycles. The van der Waals surface area contributed by atoms with Gasteiger partial charge in [0.25, 0.3) is 0 Å². The first-order valence-corrected chi connectivity index (χ1v) is 8.16. The lowest BCUT2D eigenvalue weighted by atomic mass is 9.97. The third kappa shape index (κ3) is 4.42. The number of carboxylic acid groups (broad SMARTS) is 1. The molecule has 0 fully saturated rings. The molecule has 4 nitrogen and oxygen atoms in total. The topological polar surface area (TPSA) is 71.4 Å². The van der Waals surface area contributed by atoms with Crippen LogP contribution in [0.1, 0.15) is 24.8 Å². The number of benzene rings is 1. The smallest absolute Gasteiger partial charge is 0.311 e. The molecule has 1 unspecified atom stereocenters. The first-order chi connectivity index (χ1) is 8.35. The van der Waals surface area contributed by atoms with Crippen molar-refractivity contribution in [1.29, 1.82) is 0 Å². The molecule has 18 heavy (non-hydrogen) atoms. The summed E-state index contributed by atoms with van der Waals surface area (Å²) in [6.45, 7) is 1.56. The summed E-state index contributed by atoms with van der Waals surface area (Å²) in [6.07, 6.45) is 0.104. The molecular formula is C12H15BrO4S. The lowest BCUT2D eigenvalue weighted by molar-refractivity contribution is -0.138. The molecule has 0 saturated carbocycles. The Bertz CT molecular complexity index is 507. The fourth-order valence-electron chi connectivity index (χ4n) is 1.57. The molecule has 0 aliphatic heterocycles. The van der Waals surface area contributed by atoms with Crippen molar-refractivity contribution < 1.29 is 18.3 Å². The van der Waals surface area contributed by atoms with Crippen LogP contribution in [0.25, 0.3) is 0 Å². The molecule has 1 rings (SSSR count). The zero-order valence-corrected chi connectivity index (χ0v) is 12.4. The summed E-state index contributed by atoms with van der Waals surface area (Å²) in [5.41, 5.74) is 0.622. The van der Waals surface area contributed by atoms with Crippen LogP contribution in [0.4, 0.5) is 0 Å². The van der Waals surface area contributed by atoms with E-state index in [0.29, 0.717) is 5.56 Å². The van der Waals surface area contributed by atoms with E-state index < -0.39 is 21.7 Å². The van der Waals surface area contributed by atoms with Crippen LogP contribution in [0, 0.1) is 0 Å². The van der Waals surface area contributed by atoms with Crippen molar-refractivity contribution in [2.75, 3.05) is 11.5 Å². The maximum Gasteiger partial charge on any atom is 0.311 e. The molecule has 0 bridgehead atoms. The van der Waals surface area contributed by atoms with Gasteiger partial charge in [0.15, 0.2) is 0 Å². The van der Waals surface area contributed by atoms with Crippen molar-refractivity contribution >= 4 is 31.7 Å². The maximum atomic E-state index is 11.4. The summed E-state index contributed by atoms with van der Waals surface area (Å²) < 4.78 is 23.7. The fourth-order valence-corrected chi connectivity index (χ4v) is 2.72. The molecule has 0 aliphatic carbocycles. The van der Waals surface area contributed by atoms with Crippen LogP contribution in [0.3, 0.4) is 0 Å². The number of sulfone groups is 1. The number of halogens is 1. The van der Waals surface area contributed by atoms with Crippen LogP contribution in [0.2, 0.25) is 0 Å². The Morgan fingerprint density at radius 2 is 1.89 bits per heavy atom. The van der Waals surface area contributed by atoms with E-state index in [0.717, 1.165) is 4.47 Å². The van der Waals surface area contributed by atoms with Crippen LogP contribution in [-0.4, -0.2) is 31.0 Å². The van der Waals surface area contributed by atoms with Crippen molar-refractivity contribution in [3.8, 4) is 0 Å². The van der Waals surface area contributed by atoms with Crippen LogP contribution < -0.4 is 0 Å². The van der Waals surface area contributed by atoms with Gasteiger partial charge < -0.3 is 5.11 Å². The molecule has 0 aliphatic rings. The van der Waals surface area contributed by atoms with E-state index in [1.165, 1.54) is 0 Å². The molecule has 0 heterocycles. The van der Waals surface area contributed by atoms with Gasteiger partial charge in [0.05, 0.1) is 11.7 Å². The van der Waals surface area contributed by atoms with E-state index in [-0.39, 0.29) is 17.9 Å². The lowest BCUT2D eigenvalue weighted by Crippen LogP contribution is -2.17. The second-order valence-electron chi connectivity index (χ2n) is 3.97. The SMILES string of the molecule is CCS(=O)(=O)CCC(C(=O)O)c1ccc(Br)cc1. The molecule has 0 radical (unpaired) electrons. The highest BCUT2D eigenvalue weighted by Crippen LogP contribution is 2.23. The van der Waals surface area contributed by atoms with Crippen molar-refractivity contribution in [2.24, 2.45) is 0 Å². The van der Waals surface area contributed by atoms with Gasteiger partial charge in [0.2, 0.25) is 0 Å². The van der Waals surface area contributed by atoms with Crippen LogP contribution in [0.5, 0.6) is 0 Å². The Kier molecular flexibility index (Phi) is 5.34. The largest absolute Gasteiger partial charge is 0.481 e. The third-order valence-corrected chi connectivity index (χ3v) is 4.99. The average Bonchev–Trinajstić information content (AvgIpc) is 2.31. The van der Waals surface area contributed by atoms with Crippen molar-refractivity contribution in [3.63, 3.8) is 0 Å². The van der Waals surface area contributed by atoms with Crippen LogP contribution >= 0.6 is 15.9 Å². The molecule has 0 saturated heterocycles. The van der Waals surface area contributed by atoms with Gasteiger partial charge in [-0.25, -0.2) is 8.42 Å². The average molecular weight is 335 g/mol. The predicted molar refractivity (Wildman–Crippen MR) is 73.5 cm³/mol. The number of aliphatic carboxylic acids is 1. The molecular weight excluding hydrogens is 320 g/mol. The van der Waals surface area contributed by atoms with Gasteiger partial charge in [0.1, 0.15) is 9.84 Å². The van der Waals surface area contributed by atoms with E-state index in [1.807, 2.05) is 0 Å². The third-order valence-electron chi connectivity index (χ3n) is 2.73. The summed E-state index contributed by atoms with van der Waals surface area (Å²) in [5.74, 6) is -1.83. The number of hydrogen-bond acceptors (Lipinski definition) is 3. The van der Waals surface area contributed by atoms with Gasteiger partial charge in [-0.15, -0.1) is 0 Å². The zero-order chi connectivity index (χ0) is 13.8. The van der Waals surface area contributed by atoms with Gasteiger partial charge in [-0.05, 0) is 24.1 Å². The molecule has 0 amide bonds. The van der Waals surface area contributed by atoms with Crippen molar-refractivity contribution in [1.82, 2.24) is 0 Å². The molecule has 100 valence electrons. The van der Waals surface area contributed by atoms with Crippen LogP contribution in [0.15, 0.2) is 28.7 Å². The summed E-state index contributed by atoms with van der Waals surface area (Å²) in [7, 11) is -3.14. The molecule has 0 aromatic heterocycles. The van der Waals surface area contributed by atoms with Gasteiger partial charge in [-0.3, -0.25) is 4.79 Å². The van der Waals surface area contributed by atoms with Gasteiger partial charge in [-0.1, -0.05) is 35.0 Å². The number of hydrogen-bond donors (Lipinski definition) is 1. The number of carboxylic acids is 1. The van der Waals surface area contributed by atoms with E-state index in [2.05, 4.69) is 15.9 Å². The highest BCUT2D eigenvalue weighted by molar-refractivity contribution is 9.10. The summed E-state index contributed by atoms with van der Waals surface area (Å²) >= 11 is 3.27. The molecule has 6 heteroatoms. The van der Waals surface area contributed by atoms with Gasteiger partial charge in [-0.2, -0.15) is 0 Å². The normalized spacial score (nSPS) is 13.2. The Morgan fingerprint density at radius 3 is 2.33 bits per heavy atom. The summed E-state index contributed by atoms with van der Waals surface area (Å²) in [5, 5.41) is 9.16. The maximum absolute atomic E-state index is 11.4. The minimum atomic E-state index is -3.14. The minimum Gasteiger partial charge on any atom is -0.481 e. The van der Waals surface area contributed by atoms with Crippen molar-refractivity contribution in [2.45, 2.75) is 19.3 Å². The van der Waals surface area contributed by atoms with E-state index in [1.54, 1.807) is 31.2 Å². The molecule has 0 spiro atoms. The van der Waals surface area contributed by atoms with Crippen molar-refractivity contribution in [3.05, 3.63) is 34.3 Å². The second-order valence-corrected chi connectivity index (χ2v) is 7.36.